The summed E-state index contributed by atoms with van der Waals surface area (Å²) in [5, 5.41) is 12.6. The number of ether oxygens (including phenoxy) is 1. The van der Waals surface area contributed by atoms with Gasteiger partial charge < -0.3 is 25.0 Å². The van der Waals surface area contributed by atoms with Crippen molar-refractivity contribution in [1.82, 2.24) is 14.8 Å². The molecule has 0 fully saturated rings. The Morgan fingerprint density at radius 3 is 2.78 bits per heavy atom. The van der Waals surface area contributed by atoms with Crippen LogP contribution in [0.3, 0.4) is 0 Å². The van der Waals surface area contributed by atoms with Gasteiger partial charge in [0.05, 0.1) is 19.2 Å². The van der Waals surface area contributed by atoms with Crippen molar-refractivity contribution in [2.24, 2.45) is 5.92 Å². The highest BCUT2D eigenvalue weighted by atomic mass is 19.1. The van der Waals surface area contributed by atoms with E-state index in [1.54, 1.807) is 25.1 Å². The van der Waals surface area contributed by atoms with Crippen molar-refractivity contribution in [3.05, 3.63) is 59.5 Å². The summed E-state index contributed by atoms with van der Waals surface area (Å²) in [5.41, 5.74) is 2.91. The summed E-state index contributed by atoms with van der Waals surface area (Å²) in [6, 6.07) is 6.62. The van der Waals surface area contributed by atoms with Crippen molar-refractivity contribution in [3.63, 3.8) is 0 Å². The van der Waals surface area contributed by atoms with Crippen LogP contribution in [0.5, 0.6) is 5.88 Å². The molecular formula is C27H33FN4O4. The molecule has 0 unspecified atom stereocenters. The Morgan fingerprint density at radius 2 is 2.11 bits per heavy atom. The van der Waals surface area contributed by atoms with Crippen LogP contribution in [0.15, 0.2) is 42.6 Å². The molecule has 0 saturated heterocycles. The molecule has 1 aromatic heterocycles. The van der Waals surface area contributed by atoms with Gasteiger partial charge in [-0.25, -0.2) is 14.2 Å². The van der Waals surface area contributed by atoms with Gasteiger partial charge in [-0.05, 0) is 67.7 Å². The minimum Gasteiger partial charge on any atom is -0.472 e. The third kappa shape index (κ3) is 5.67. The van der Waals surface area contributed by atoms with E-state index in [1.807, 2.05) is 13.0 Å². The molecule has 4 rings (SSSR count). The van der Waals surface area contributed by atoms with E-state index in [0.29, 0.717) is 17.8 Å². The third-order valence-corrected chi connectivity index (χ3v) is 6.83. The molecule has 8 nitrogen and oxygen atoms in total. The largest absolute Gasteiger partial charge is 0.472 e. The Hall–Kier alpha value is -3.46. The highest BCUT2D eigenvalue weighted by Gasteiger charge is 2.35. The number of anilines is 1. The van der Waals surface area contributed by atoms with E-state index in [4.69, 9.17) is 4.74 Å². The summed E-state index contributed by atoms with van der Waals surface area (Å²) in [6.45, 7) is 4.17. The zero-order chi connectivity index (χ0) is 25.8. The molecule has 1 aliphatic carbocycles. The standard InChI is InChI=1S/C27H33FN4O4/c1-17-14-32(18(2)16-33)26(34)23-12-20(19-6-4-5-7-19)13-29-25(23)36-24(17)15-31(3)27(35)30-22-10-8-21(28)9-11-22/h6,8-13,17-18,24,33H,4-5,7,14-16H2,1-3H3,(H,30,35)/t17-,18+,24+/m1/s1. The Balaban J connectivity index is 1.58. The second kappa shape index (κ2) is 11.1. The number of amides is 3. The van der Waals surface area contributed by atoms with Gasteiger partial charge in [-0.15, -0.1) is 0 Å². The van der Waals surface area contributed by atoms with Crippen molar-refractivity contribution < 1.29 is 23.8 Å². The molecule has 192 valence electrons. The number of likely N-dealkylation sites (N-methyl/N-ethyl adjacent to an activating group) is 1. The number of aromatic nitrogens is 1. The number of rotatable bonds is 6. The molecule has 0 radical (unpaired) electrons. The number of aliphatic hydroxyl groups is 1. The SMILES string of the molecule is C[C@@H]1CN([C@@H](C)CO)C(=O)c2cc(C3=CCCC3)cnc2O[C@H]1CN(C)C(=O)Nc1ccc(F)cc1. The van der Waals surface area contributed by atoms with Crippen LogP contribution < -0.4 is 10.1 Å². The first-order valence-corrected chi connectivity index (χ1v) is 12.3. The Morgan fingerprint density at radius 1 is 1.36 bits per heavy atom. The van der Waals surface area contributed by atoms with Gasteiger partial charge in [0.25, 0.3) is 5.91 Å². The predicted octanol–water partition coefficient (Wildman–Crippen LogP) is 4.17. The van der Waals surface area contributed by atoms with E-state index in [0.717, 1.165) is 24.8 Å². The van der Waals surface area contributed by atoms with Gasteiger partial charge in [-0.3, -0.25) is 4.79 Å². The number of hydrogen-bond acceptors (Lipinski definition) is 5. The van der Waals surface area contributed by atoms with E-state index in [9.17, 15) is 19.1 Å². The number of allylic oxidation sites excluding steroid dienone is 2. The Bertz CT molecular complexity index is 1140. The summed E-state index contributed by atoms with van der Waals surface area (Å²) in [6.07, 6.45) is 6.48. The molecule has 1 aromatic carbocycles. The Labute approximate surface area is 210 Å². The number of carbonyl (C=O) groups excluding carboxylic acids is 2. The molecule has 2 aliphatic rings. The van der Waals surface area contributed by atoms with Crippen molar-refractivity contribution in [2.45, 2.75) is 45.3 Å². The maximum atomic E-state index is 13.5. The van der Waals surface area contributed by atoms with Crippen LogP contribution in [0.4, 0.5) is 14.9 Å². The molecule has 0 spiro atoms. The molecule has 2 aromatic rings. The average molecular weight is 497 g/mol. The summed E-state index contributed by atoms with van der Waals surface area (Å²) < 4.78 is 19.5. The van der Waals surface area contributed by atoms with E-state index >= 15 is 0 Å². The lowest BCUT2D eigenvalue weighted by atomic mass is 9.99. The molecule has 2 N–H and O–H groups in total. The summed E-state index contributed by atoms with van der Waals surface area (Å²) in [5.74, 6) is -0.544. The van der Waals surface area contributed by atoms with Crippen molar-refractivity contribution in [1.29, 1.82) is 0 Å². The number of aliphatic hydroxyl groups excluding tert-OH is 1. The fraction of sp³-hybridized carbons (Fsp3) is 0.444. The fourth-order valence-corrected chi connectivity index (χ4v) is 4.53. The fourth-order valence-electron chi connectivity index (χ4n) is 4.53. The molecule has 36 heavy (non-hydrogen) atoms. The third-order valence-electron chi connectivity index (χ3n) is 6.83. The molecule has 2 heterocycles. The lowest BCUT2D eigenvalue weighted by molar-refractivity contribution is 0.0356. The number of pyridine rings is 1. The monoisotopic (exact) mass is 496 g/mol. The van der Waals surface area contributed by atoms with E-state index in [1.165, 1.54) is 34.7 Å². The van der Waals surface area contributed by atoms with Crippen LogP contribution in [0, 0.1) is 11.7 Å². The number of fused-ring (bicyclic) bond motifs is 1. The highest BCUT2D eigenvalue weighted by Crippen LogP contribution is 2.32. The van der Waals surface area contributed by atoms with Crippen LogP contribution in [0.1, 0.15) is 49.0 Å². The summed E-state index contributed by atoms with van der Waals surface area (Å²) in [7, 11) is 1.65. The minimum absolute atomic E-state index is 0.156. The first-order chi connectivity index (χ1) is 17.3. The highest BCUT2D eigenvalue weighted by molar-refractivity contribution is 5.97. The molecule has 1 aliphatic heterocycles. The molecule has 0 bridgehead atoms. The van der Waals surface area contributed by atoms with E-state index in [2.05, 4.69) is 16.4 Å². The topological polar surface area (TPSA) is 95.0 Å². The lowest BCUT2D eigenvalue weighted by Crippen LogP contribution is -2.50. The maximum absolute atomic E-state index is 13.5. The van der Waals surface area contributed by atoms with Gasteiger partial charge in [0.15, 0.2) is 0 Å². The first-order valence-electron chi connectivity index (χ1n) is 12.3. The van der Waals surface area contributed by atoms with E-state index < -0.39 is 6.10 Å². The zero-order valence-electron chi connectivity index (χ0n) is 20.9. The van der Waals surface area contributed by atoms with Crippen LogP contribution >= 0.6 is 0 Å². The van der Waals surface area contributed by atoms with Gasteiger partial charge in [-0.1, -0.05) is 13.0 Å². The smallest absolute Gasteiger partial charge is 0.321 e. The first kappa shape index (κ1) is 25.6. The number of nitrogens with one attached hydrogen (secondary N) is 1. The van der Waals surface area contributed by atoms with Crippen LogP contribution in [-0.4, -0.2) is 70.7 Å². The lowest BCUT2D eigenvalue weighted by Gasteiger charge is -2.37. The molecule has 3 amide bonds. The van der Waals surface area contributed by atoms with E-state index in [-0.39, 0.29) is 48.7 Å². The number of carbonyl (C=O) groups is 2. The van der Waals surface area contributed by atoms with Crippen LogP contribution in [0.2, 0.25) is 0 Å². The maximum Gasteiger partial charge on any atom is 0.321 e. The minimum atomic E-state index is -0.460. The van der Waals surface area contributed by atoms with Gasteiger partial charge in [0.1, 0.15) is 17.5 Å². The van der Waals surface area contributed by atoms with Gasteiger partial charge in [0, 0.05) is 31.4 Å². The number of urea groups is 1. The van der Waals surface area contributed by atoms with Gasteiger partial charge in [0.2, 0.25) is 5.88 Å². The normalized spacial score (nSPS) is 20.5. The van der Waals surface area contributed by atoms with Gasteiger partial charge in [-0.2, -0.15) is 0 Å². The molecule has 9 heteroatoms. The zero-order valence-corrected chi connectivity index (χ0v) is 20.9. The number of benzene rings is 1. The second-order valence-corrected chi connectivity index (χ2v) is 9.64. The van der Waals surface area contributed by atoms with Gasteiger partial charge >= 0.3 is 6.03 Å². The van der Waals surface area contributed by atoms with Crippen LogP contribution in [0.25, 0.3) is 5.57 Å². The number of hydrogen-bond donors (Lipinski definition) is 2. The molecule has 0 saturated carbocycles. The van der Waals surface area contributed by atoms with Crippen molar-refractivity contribution in [3.8, 4) is 5.88 Å². The quantitative estimate of drug-likeness (QED) is 0.626. The summed E-state index contributed by atoms with van der Waals surface area (Å²) >= 11 is 0. The molecule has 3 atom stereocenters. The number of nitrogens with zero attached hydrogens (tertiary/aromatic N) is 3. The Kier molecular flexibility index (Phi) is 7.88. The summed E-state index contributed by atoms with van der Waals surface area (Å²) in [4.78, 5) is 34.0. The predicted molar refractivity (Wildman–Crippen MR) is 135 cm³/mol. The van der Waals surface area contributed by atoms with Crippen molar-refractivity contribution in [2.75, 3.05) is 32.1 Å². The number of halogens is 1. The average Bonchev–Trinajstić information content (AvgIpc) is 3.42. The van der Waals surface area contributed by atoms with Crippen molar-refractivity contribution >= 4 is 23.2 Å². The molecular weight excluding hydrogens is 463 g/mol. The second-order valence-electron chi connectivity index (χ2n) is 9.64. The van der Waals surface area contributed by atoms with Crippen LogP contribution in [-0.2, 0) is 0 Å².